The minimum atomic E-state index is -1.08. The van der Waals surface area contributed by atoms with Crippen molar-refractivity contribution >= 4 is 28.6 Å². The molecule has 0 aliphatic rings. The van der Waals surface area contributed by atoms with Gasteiger partial charge in [0.15, 0.2) is 6.10 Å². The van der Waals surface area contributed by atoms with Crippen molar-refractivity contribution in [3.8, 4) is 5.69 Å². The summed E-state index contributed by atoms with van der Waals surface area (Å²) in [5.41, 5.74) is 2.59. The number of benzene rings is 2. The highest BCUT2D eigenvalue weighted by Gasteiger charge is 2.23. The first-order valence-electron chi connectivity index (χ1n) is 10.1. The molecule has 0 bridgehead atoms. The van der Waals surface area contributed by atoms with Crippen molar-refractivity contribution in [1.82, 2.24) is 18.9 Å². The SMILES string of the molecule is Cc1c(NC(=O)C(C)OC(=O)Cn2cnc3ccccc32)c(=O)n(-c2ccccc2)n1C. The zero-order valence-electron chi connectivity index (χ0n) is 18.0. The summed E-state index contributed by atoms with van der Waals surface area (Å²) in [7, 11) is 1.73. The summed E-state index contributed by atoms with van der Waals surface area (Å²) in [5, 5.41) is 2.61. The molecule has 4 aromatic rings. The Morgan fingerprint density at radius 3 is 2.53 bits per heavy atom. The lowest BCUT2D eigenvalue weighted by atomic mass is 10.3. The van der Waals surface area contributed by atoms with Gasteiger partial charge in [0.1, 0.15) is 12.2 Å². The number of nitrogens with zero attached hydrogens (tertiary/aromatic N) is 4. The summed E-state index contributed by atoms with van der Waals surface area (Å²) in [6, 6.07) is 16.5. The zero-order chi connectivity index (χ0) is 22.8. The summed E-state index contributed by atoms with van der Waals surface area (Å²) in [4.78, 5) is 42.2. The first-order valence-corrected chi connectivity index (χ1v) is 10.1. The normalized spacial score (nSPS) is 12.0. The van der Waals surface area contributed by atoms with Crippen molar-refractivity contribution in [2.75, 3.05) is 5.32 Å². The second kappa shape index (κ2) is 8.54. The Morgan fingerprint density at radius 1 is 1.09 bits per heavy atom. The van der Waals surface area contributed by atoms with Gasteiger partial charge in [0.05, 0.1) is 28.7 Å². The summed E-state index contributed by atoms with van der Waals surface area (Å²) in [6.45, 7) is 3.12. The lowest BCUT2D eigenvalue weighted by Gasteiger charge is -2.13. The average Bonchev–Trinajstić information content (AvgIpc) is 3.28. The van der Waals surface area contributed by atoms with Gasteiger partial charge < -0.3 is 14.6 Å². The highest BCUT2D eigenvalue weighted by molar-refractivity contribution is 5.95. The maximum atomic E-state index is 12.9. The number of imidazole rings is 1. The molecule has 2 aromatic heterocycles. The van der Waals surface area contributed by atoms with E-state index in [1.54, 1.807) is 41.7 Å². The van der Waals surface area contributed by atoms with E-state index in [0.29, 0.717) is 11.4 Å². The van der Waals surface area contributed by atoms with Crippen LogP contribution in [0.3, 0.4) is 0 Å². The van der Waals surface area contributed by atoms with E-state index in [2.05, 4.69) is 10.3 Å². The topological polar surface area (TPSA) is 100 Å². The third kappa shape index (κ3) is 3.92. The summed E-state index contributed by atoms with van der Waals surface area (Å²) in [5.74, 6) is -1.16. The summed E-state index contributed by atoms with van der Waals surface area (Å²) < 4.78 is 10.1. The molecule has 0 fully saturated rings. The van der Waals surface area contributed by atoms with Gasteiger partial charge in [-0.2, -0.15) is 0 Å². The van der Waals surface area contributed by atoms with Gasteiger partial charge in [0, 0.05) is 7.05 Å². The summed E-state index contributed by atoms with van der Waals surface area (Å²) in [6.07, 6.45) is 0.470. The molecule has 2 aromatic carbocycles. The number of amides is 1. The van der Waals surface area contributed by atoms with Gasteiger partial charge in [0.25, 0.3) is 11.5 Å². The fourth-order valence-corrected chi connectivity index (χ4v) is 3.50. The predicted molar refractivity (Wildman–Crippen MR) is 120 cm³/mol. The van der Waals surface area contributed by atoms with E-state index in [0.717, 1.165) is 11.0 Å². The highest BCUT2D eigenvalue weighted by Crippen LogP contribution is 2.15. The molecule has 1 amide bonds. The van der Waals surface area contributed by atoms with Crippen LogP contribution in [0.15, 0.2) is 65.7 Å². The van der Waals surface area contributed by atoms with Crippen molar-refractivity contribution < 1.29 is 14.3 Å². The number of ether oxygens (including phenoxy) is 1. The van der Waals surface area contributed by atoms with Crippen molar-refractivity contribution in [2.24, 2.45) is 7.05 Å². The van der Waals surface area contributed by atoms with Crippen LogP contribution in [0.1, 0.15) is 12.6 Å². The van der Waals surface area contributed by atoms with Gasteiger partial charge in [0.2, 0.25) is 0 Å². The molecule has 2 heterocycles. The third-order valence-corrected chi connectivity index (χ3v) is 5.31. The molecule has 9 nitrogen and oxygen atoms in total. The van der Waals surface area contributed by atoms with Crippen molar-refractivity contribution in [3.63, 3.8) is 0 Å². The second-order valence-corrected chi connectivity index (χ2v) is 7.42. The molecule has 1 atom stereocenters. The molecule has 4 rings (SSSR count). The van der Waals surface area contributed by atoms with E-state index >= 15 is 0 Å². The van der Waals surface area contributed by atoms with Crippen LogP contribution in [0.2, 0.25) is 0 Å². The lowest BCUT2D eigenvalue weighted by molar-refractivity contribution is -0.153. The highest BCUT2D eigenvalue weighted by atomic mass is 16.5. The van der Waals surface area contributed by atoms with Crippen LogP contribution >= 0.6 is 0 Å². The van der Waals surface area contributed by atoms with Crippen molar-refractivity contribution in [2.45, 2.75) is 26.5 Å². The Kier molecular flexibility index (Phi) is 5.63. The number of carbonyl (C=O) groups excluding carboxylic acids is 2. The van der Waals surface area contributed by atoms with E-state index in [4.69, 9.17) is 4.74 Å². The molecule has 9 heteroatoms. The molecule has 0 aliphatic heterocycles. The Bertz CT molecular complexity index is 1350. The van der Waals surface area contributed by atoms with Crippen LogP contribution in [-0.2, 0) is 27.9 Å². The number of nitrogens with one attached hydrogen (secondary N) is 1. The first kappa shape index (κ1) is 21.1. The second-order valence-electron chi connectivity index (χ2n) is 7.42. The van der Waals surface area contributed by atoms with Crippen LogP contribution in [0, 0.1) is 6.92 Å². The van der Waals surface area contributed by atoms with Crippen molar-refractivity contribution in [1.29, 1.82) is 0 Å². The van der Waals surface area contributed by atoms with Crippen LogP contribution in [0.5, 0.6) is 0 Å². The Balaban J connectivity index is 1.46. The van der Waals surface area contributed by atoms with Crippen LogP contribution in [-0.4, -0.2) is 36.9 Å². The minimum Gasteiger partial charge on any atom is -0.451 e. The molecule has 1 N–H and O–H groups in total. The van der Waals surface area contributed by atoms with Gasteiger partial charge in [-0.3, -0.25) is 19.1 Å². The van der Waals surface area contributed by atoms with E-state index < -0.39 is 18.0 Å². The van der Waals surface area contributed by atoms with Crippen LogP contribution < -0.4 is 10.9 Å². The lowest BCUT2D eigenvalue weighted by Crippen LogP contribution is -2.33. The Morgan fingerprint density at radius 2 is 1.78 bits per heavy atom. The number of anilines is 1. The zero-order valence-corrected chi connectivity index (χ0v) is 18.0. The number of rotatable bonds is 6. The van der Waals surface area contributed by atoms with E-state index in [-0.39, 0.29) is 17.8 Å². The van der Waals surface area contributed by atoms with Gasteiger partial charge in [-0.25, -0.2) is 9.67 Å². The first-order chi connectivity index (χ1) is 15.4. The average molecular weight is 433 g/mol. The molecule has 0 saturated carbocycles. The Hall–Kier alpha value is -4.14. The fourth-order valence-electron chi connectivity index (χ4n) is 3.50. The largest absolute Gasteiger partial charge is 0.451 e. The van der Waals surface area contributed by atoms with Gasteiger partial charge in [-0.05, 0) is 38.1 Å². The van der Waals surface area contributed by atoms with Gasteiger partial charge in [-0.15, -0.1) is 0 Å². The Labute approximate surface area is 183 Å². The number of para-hydroxylation sites is 3. The maximum absolute atomic E-state index is 12.9. The number of hydrogen-bond donors (Lipinski definition) is 1. The number of fused-ring (bicyclic) bond motifs is 1. The van der Waals surface area contributed by atoms with Crippen LogP contribution in [0.25, 0.3) is 16.7 Å². The molecule has 1 unspecified atom stereocenters. The summed E-state index contributed by atoms with van der Waals surface area (Å²) >= 11 is 0. The molecule has 32 heavy (non-hydrogen) atoms. The predicted octanol–water partition coefficient (Wildman–Crippen LogP) is 2.40. The van der Waals surface area contributed by atoms with Gasteiger partial charge >= 0.3 is 5.97 Å². The molecular formula is C23H23N5O4. The van der Waals surface area contributed by atoms with Crippen molar-refractivity contribution in [3.05, 3.63) is 77.0 Å². The molecule has 0 radical (unpaired) electrons. The van der Waals surface area contributed by atoms with Crippen LogP contribution in [0.4, 0.5) is 5.69 Å². The molecule has 0 saturated heterocycles. The number of esters is 1. The number of carbonyl (C=O) groups is 2. The molecule has 0 aliphatic carbocycles. The molecular weight excluding hydrogens is 410 g/mol. The third-order valence-electron chi connectivity index (χ3n) is 5.31. The van der Waals surface area contributed by atoms with E-state index in [1.165, 1.54) is 11.6 Å². The number of hydrogen-bond acceptors (Lipinski definition) is 5. The van der Waals surface area contributed by atoms with E-state index in [1.807, 2.05) is 42.5 Å². The quantitative estimate of drug-likeness (QED) is 0.471. The van der Waals surface area contributed by atoms with Gasteiger partial charge in [-0.1, -0.05) is 30.3 Å². The molecule has 164 valence electrons. The standard InChI is InChI=1S/C23H23N5O4/c1-15-21(23(31)28(26(15)3)17-9-5-4-6-10-17)25-22(30)16(2)32-20(29)13-27-14-24-18-11-7-8-12-19(18)27/h4-12,14,16H,13H2,1-3H3,(H,25,30). The maximum Gasteiger partial charge on any atom is 0.326 e. The monoisotopic (exact) mass is 433 g/mol. The fraction of sp³-hybridized carbons (Fsp3) is 0.217. The molecule has 0 spiro atoms. The number of aromatic nitrogens is 4. The minimum absolute atomic E-state index is 0.0800. The smallest absolute Gasteiger partial charge is 0.326 e. The van der Waals surface area contributed by atoms with E-state index in [9.17, 15) is 14.4 Å².